The van der Waals surface area contributed by atoms with E-state index in [9.17, 15) is 19.2 Å². The van der Waals surface area contributed by atoms with Gasteiger partial charge in [-0.1, -0.05) is 60.1 Å². The number of carbonyl (C=O) groups is 4. The third-order valence-corrected chi connectivity index (χ3v) is 7.02. The number of urea groups is 1. The van der Waals surface area contributed by atoms with Crippen LogP contribution in [0.1, 0.15) is 16.7 Å². The van der Waals surface area contributed by atoms with Crippen molar-refractivity contribution < 1.29 is 23.9 Å². The highest BCUT2D eigenvalue weighted by molar-refractivity contribution is 6.46. The minimum Gasteiger partial charge on any atom is -0.483 e. The van der Waals surface area contributed by atoms with Crippen molar-refractivity contribution in [2.75, 3.05) is 21.7 Å². The lowest BCUT2D eigenvalue weighted by atomic mass is 10.0. The van der Waals surface area contributed by atoms with Crippen molar-refractivity contribution in [1.29, 1.82) is 0 Å². The van der Waals surface area contributed by atoms with E-state index in [0.29, 0.717) is 22.1 Å². The summed E-state index contributed by atoms with van der Waals surface area (Å²) in [4.78, 5) is 55.6. The largest absolute Gasteiger partial charge is 0.483 e. The number of benzene rings is 4. The summed E-state index contributed by atoms with van der Waals surface area (Å²) in [5.74, 6) is -1.78. The SMILES string of the molecule is Cc1cccc(NC(=O)COc2ccc(Cl)cc2C=C2C(=O)N(c3ccccc3)C(=O)N(c3ccccc3)C2=O)c1C. The minimum absolute atomic E-state index is 0.220. The first-order valence-corrected chi connectivity index (χ1v) is 13.5. The van der Waals surface area contributed by atoms with E-state index in [1.54, 1.807) is 78.9 Å². The Hall–Kier alpha value is -5.21. The first-order chi connectivity index (χ1) is 20.2. The number of nitrogens with one attached hydrogen (secondary N) is 1. The molecule has 0 aliphatic carbocycles. The van der Waals surface area contributed by atoms with Crippen LogP contribution in [-0.2, 0) is 14.4 Å². The fourth-order valence-corrected chi connectivity index (χ4v) is 4.65. The number of amides is 5. The number of rotatable bonds is 7. The van der Waals surface area contributed by atoms with E-state index in [1.165, 1.54) is 12.1 Å². The Morgan fingerprint density at radius 1 is 0.810 bits per heavy atom. The van der Waals surface area contributed by atoms with E-state index < -0.39 is 23.8 Å². The number of ether oxygens (including phenoxy) is 1. The molecule has 1 aliphatic rings. The van der Waals surface area contributed by atoms with Gasteiger partial charge in [0.15, 0.2) is 6.61 Å². The van der Waals surface area contributed by atoms with Gasteiger partial charge in [0.1, 0.15) is 11.3 Å². The Labute approximate surface area is 247 Å². The molecule has 0 unspecified atom stereocenters. The summed E-state index contributed by atoms with van der Waals surface area (Å²) in [7, 11) is 0. The van der Waals surface area contributed by atoms with Crippen molar-refractivity contribution in [3.8, 4) is 5.75 Å². The average Bonchev–Trinajstić information content (AvgIpc) is 2.98. The smallest absolute Gasteiger partial charge is 0.343 e. The molecule has 1 aliphatic heterocycles. The molecule has 4 aromatic carbocycles. The second kappa shape index (κ2) is 12.1. The van der Waals surface area contributed by atoms with Crippen molar-refractivity contribution in [2.45, 2.75) is 13.8 Å². The van der Waals surface area contributed by atoms with Gasteiger partial charge in [-0.15, -0.1) is 0 Å². The summed E-state index contributed by atoms with van der Waals surface area (Å²) < 4.78 is 5.82. The van der Waals surface area contributed by atoms with Crippen molar-refractivity contribution in [3.05, 3.63) is 124 Å². The number of hydrogen-bond donors (Lipinski definition) is 1. The molecule has 0 saturated carbocycles. The van der Waals surface area contributed by atoms with Crippen LogP contribution < -0.4 is 19.9 Å². The standard InChI is InChI=1S/C33H26ClN3O5/c1-21-10-9-15-28(22(21)2)35-30(38)20-42-29-17-16-24(34)18-23(29)19-27-31(39)36(25-11-5-3-6-12-25)33(41)37(32(27)40)26-13-7-4-8-14-26/h3-19H,20H2,1-2H3,(H,35,38). The molecule has 4 aromatic rings. The second-order valence-corrected chi connectivity index (χ2v) is 10.00. The molecule has 0 bridgehead atoms. The zero-order valence-electron chi connectivity index (χ0n) is 22.8. The molecule has 42 heavy (non-hydrogen) atoms. The van der Waals surface area contributed by atoms with E-state index in [0.717, 1.165) is 20.9 Å². The average molecular weight is 580 g/mol. The van der Waals surface area contributed by atoms with Gasteiger partial charge in [0, 0.05) is 16.3 Å². The molecule has 210 valence electrons. The highest BCUT2D eigenvalue weighted by Gasteiger charge is 2.43. The molecule has 0 spiro atoms. The minimum atomic E-state index is -0.804. The summed E-state index contributed by atoms with van der Waals surface area (Å²) in [5, 5.41) is 3.16. The fourth-order valence-electron chi connectivity index (χ4n) is 4.47. The van der Waals surface area contributed by atoms with Crippen molar-refractivity contribution in [1.82, 2.24) is 0 Å². The first kappa shape index (κ1) is 28.3. The lowest BCUT2D eigenvalue weighted by Crippen LogP contribution is -2.57. The lowest BCUT2D eigenvalue weighted by Gasteiger charge is -2.34. The Balaban J connectivity index is 1.49. The van der Waals surface area contributed by atoms with Gasteiger partial charge < -0.3 is 10.1 Å². The molecule has 8 nitrogen and oxygen atoms in total. The van der Waals surface area contributed by atoms with Gasteiger partial charge in [-0.05, 0) is 79.6 Å². The molecular weight excluding hydrogens is 554 g/mol. The number of aryl methyl sites for hydroxylation is 1. The van der Waals surface area contributed by atoms with E-state index in [-0.39, 0.29) is 23.5 Å². The first-order valence-electron chi connectivity index (χ1n) is 13.1. The summed E-state index contributed by atoms with van der Waals surface area (Å²) in [6.45, 7) is 3.53. The van der Waals surface area contributed by atoms with Gasteiger partial charge in [-0.2, -0.15) is 0 Å². The summed E-state index contributed by atoms with van der Waals surface area (Å²) in [6.07, 6.45) is 1.33. The third-order valence-electron chi connectivity index (χ3n) is 6.79. The Morgan fingerprint density at radius 3 is 2.00 bits per heavy atom. The van der Waals surface area contributed by atoms with Gasteiger partial charge in [0.05, 0.1) is 11.4 Å². The number of nitrogens with zero attached hydrogens (tertiary/aromatic N) is 2. The second-order valence-electron chi connectivity index (χ2n) is 9.56. The van der Waals surface area contributed by atoms with E-state index in [4.69, 9.17) is 16.3 Å². The van der Waals surface area contributed by atoms with Crippen molar-refractivity contribution in [3.63, 3.8) is 0 Å². The number of hydrogen-bond acceptors (Lipinski definition) is 5. The molecule has 5 amide bonds. The van der Waals surface area contributed by atoms with Crippen LogP contribution in [0.5, 0.6) is 5.75 Å². The highest BCUT2D eigenvalue weighted by atomic mass is 35.5. The molecule has 5 rings (SSSR count). The van der Waals surface area contributed by atoms with E-state index >= 15 is 0 Å². The summed E-state index contributed by atoms with van der Waals surface area (Å²) in [6, 6.07) is 26.1. The van der Waals surface area contributed by atoms with Crippen LogP contribution in [0.25, 0.3) is 6.08 Å². The van der Waals surface area contributed by atoms with Crippen molar-refractivity contribution in [2.24, 2.45) is 0 Å². The number of imide groups is 2. The third kappa shape index (κ3) is 5.80. The molecular formula is C33H26ClN3O5. The Bertz CT molecular complexity index is 1660. The maximum Gasteiger partial charge on any atom is 0.343 e. The maximum atomic E-state index is 13.7. The van der Waals surface area contributed by atoms with Gasteiger partial charge in [-0.25, -0.2) is 14.6 Å². The Morgan fingerprint density at radius 2 is 1.40 bits per heavy atom. The van der Waals surface area contributed by atoms with Gasteiger partial charge >= 0.3 is 6.03 Å². The number of barbiturate groups is 1. The Kier molecular flexibility index (Phi) is 8.17. The zero-order chi connectivity index (χ0) is 29.8. The molecule has 9 heteroatoms. The molecule has 1 fully saturated rings. The van der Waals surface area contributed by atoms with Crippen LogP contribution in [0.4, 0.5) is 21.9 Å². The molecule has 0 aromatic heterocycles. The maximum absolute atomic E-state index is 13.7. The van der Waals surface area contributed by atoms with Crippen LogP contribution in [0.15, 0.2) is 103 Å². The van der Waals surface area contributed by atoms with Crippen LogP contribution >= 0.6 is 11.6 Å². The van der Waals surface area contributed by atoms with Crippen LogP contribution in [0.3, 0.4) is 0 Å². The zero-order valence-corrected chi connectivity index (χ0v) is 23.6. The predicted molar refractivity (Wildman–Crippen MR) is 163 cm³/mol. The summed E-state index contributed by atoms with van der Waals surface area (Å²) in [5.41, 5.74) is 3.26. The molecule has 0 radical (unpaired) electrons. The molecule has 1 saturated heterocycles. The highest BCUT2D eigenvalue weighted by Crippen LogP contribution is 2.32. The molecule has 0 atom stereocenters. The molecule has 1 N–H and O–H groups in total. The quantitative estimate of drug-likeness (QED) is 0.198. The van der Waals surface area contributed by atoms with Crippen LogP contribution in [0, 0.1) is 13.8 Å². The topological polar surface area (TPSA) is 96.0 Å². The fraction of sp³-hybridized carbons (Fsp3) is 0.0909. The number of anilines is 3. The van der Waals surface area contributed by atoms with Gasteiger partial charge in [-0.3, -0.25) is 14.4 Å². The monoisotopic (exact) mass is 579 g/mol. The number of carbonyl (C=O) groups excluding carboxylic acids is 4. The summed E-state index contributed by atoms with van der Waals surface area (Å²) >= 11 is 6.27. The van der Waals surface area contributed by atoms with Gasteiger partial charge in [0.2, 0.25) is 0 Å². The van der Waals surface area contributed by atoms with Crippen LogP contribution in [-0.4, -0.2) is 30.4 Å². The predicted octanol–water partition coefficient (Wildman–Crippen LogP) is 6.56. The number of para-hydroxylation sites is 2. The van der Waals surface area contributed by atoms with E-state index in [1.807, 2.05) is 26.0 Å². The van der Waals surface area contributed by atoms with E-state index in [2.05, 4.69) is 5.32 Å². The normalized spacial score (nSPS) is 13.3. The van der Waals surface area contributed by atoms with Gasteiger partial charge in [0.25, 0.3) is 17.7 Å². The van der Waals surface area contributed by atoms with Crippen molar-refractivity contribution >= 4 is 58.5 Å². The molecule has 1 heterocycles. The lowest BCUT2D eigenvalue weighted by molar-refractivity contribution is -0.121. The number of halogens is 1. The van der Waals surface area contributed by atoms with Crippen LogP contribution in [0.2, 0.25) is 5.02 Å².